The van der Waals surface area contributed by atoms with E-state index in [9.17, 15) is 14.4 Å². The molecule has 0 aliphatic carbocycles. The van der Waals surface area contributed by atoms with Gasteiger partial charge >= 0.3 is 11.9 Å². The van der Waals surface area contributed by atoms with Gasteiger partial charge in [-0.3, -0.25) is 4.79 Å². The van der Waals surface area contributed by atoms with E-state index in [-0.39, 0.29) is 35.3 Å². The van der Waals surface area contributed by atoms with Crippen LogP contribution in [-0.4, -0.2) is 44.8 Å². The van der Waals surface area contributed by atoms with Gasteiger partial charge in [0.25, 0.3) is 0 Å². The number of rotatable bonds is 12. The van der Waals surface area contributed by atoms with E-state index >= 15 is 0 Å². The molecule has 1 amide bonds. The highest BCUT2D eigenvalue weighted by Crippen LogP contribution is 2.34. The third-order valence-electron chi connectivity index (χ3n) is 5.12. The van der Waals surface area contributed by atoms with Crippen LogP contribution in [-0.2, 0) is 25.6 Å². The first-order valence-electron chi connectivity index (χ1n) is 11.6. The molecule has 0 spiro atoms. The molecule has 0 unspecified atom stereocenters. The second-order valence-electron chi connectivity index (χ2n) is 7.78. The molecule has 0 saturated carbocycles. The van der Waals surface area contributed by atoms with Gasteiger partial charge in [0.15, 0.2) is 0 Å². The molecule has 3 aromatic rings. The average Bonchev–Trinajstić information content (AvgIpc) is 3.23. The molecule has 1 aromatic heterocycles. The molecule has 0 fully saturated rings. The molecule has 0 aliphatic heterocycles. The molecule has 37 heavy (non-hydrogen) atoms. The Hall–Kier alpha value is -3.95. The molecule has 0 atom stereocenters. The van der Waals surface area contributed by atoms with Crippen molar-refractivity contribution < 1.29 is 33.3 Å². The highest BCUT2D eigenvalue weighted by Gasteiger charge is 2.27. The standard InChI is InChI=1S/C28H29NO7S/c1-4-34-27(31)24-19(2)25(28(32)35-17-16-33-3)37-26(24)29-23(30)15-12-20-10-13-22(14-11-20)36-18-21-8-6-5-7-9-21/h5-15H,4,16-18H2,1-3H3,(H,29,30)/b15-12+. The summed E-state index contributed by atoms with van der Waals surface area (Å²) in [4.78, 5) is 37.9. The number of esters is 2. The van der Waals surface area contributed by atoms with Gasteiger partial charge in [-0.1, -0.05) is 42.5 Å². The van der Waals surface area contributed by atoms with Gasteiger partial charge in [-0.2, -0.15) is 0 Å². The Balaban J connectivity index is 1.67. The maximum absolute atomic E-state index is 12.6. The largest absolute Gasteiger partial charge is 0.489 e. The number of amides is 1. The predicted molar refractivity (Wildman–Crippen MR) is 142 cm³/mol. The summed E-state index contributed by atoms with van der Waals surface area (Å²) in [6.07, 6.45) is 2.99. The number of nitrogens with one attached hydrogen (secondary N) is 1. The zero-order valence-electron chi connectivity index (χ0n) is 20.9. The SMILES string of the molecule is CCOC(=O)c1c(NC(=O)/C=C/c2ccc(OCc3ccccc3)cc2)sc(C(=O)OCCOC)c1C. The molecule has 0 saturated heterocycles. The first-order chi connectivity index (χ1) is 17.9. The van der Waals surface area contributed by atoms with Gasteiger partial charge in [-0.25, -0.2) is 9.59 Å². The molecule has 1 heterocycles. The number of methoxy groups -OCH3 is 1. The van der Waals surface area contributed by atoms with Crippen molar-refractivity contribution in [3.05, 3.63) is 87.8 Å². The molecule has 3 rings (SSSR count). The topological polar surface area (TPSA) is 100 Å². The number of carbonyl (C=O) groups is 3. The fraction of sp³-hybridized carbons (Fsp3) is 0.250. The second-order valence-corrected chi connectivity index (χ2v) is 8.80. The van der Waals surface area contributed by atoms with Crippen molar-refractivity contribution in [3.63, 3.8) is 0 Å². The van der Waals surface area contributed by atoms with E-state index in [2.05, 4.69) is 5.32 Å². The van der Waals surface area contributed by atoms with Crippen molar-refractivity contribution >= 4 is 40.3 Å². The molecule has 2 aromatic carbocycles. The van der Waals surface area contributed by atoms with E-state index in [0.29, 0.717) is 17.9 Å². The van der Waals surface area contributed by atoms with Crippen LogP contribution in [0.25, 0.3) is 6.08 Å². The minimum absolute atomic E-state index is 0.0714. The summed E-state index contributed by atoms with van der Waals surface area (Å²) in [5.41, 5.74) is 2.38. The Labute approximate surface area is 219 Å². The van der Waals surface area contributed by atoms with Gasteiger partial charge in [-0.15, -0.1) is 11.3 Å². The summed E-state index contributed by atoms with van der Waals surface area (Å²) in [6, 6.07) is 17.2. The minimum atomic E-state index is -0.627. The number of benzene rings is 2. The number of carbonyl (C=O) groups excluding carboxylic acids is 3. The summed E-state index contributed by atoms with van der Waals surface area (Å²) in [5.74, 6) is -0.979. The molecular weight excluding hydrogens is 494 g/mol. The van der Waals surface area contributed by atoms with Gasteiger partial charge in [0.2, 0.25) is 5.91 Å². The van der Waals surface area contributed by atoms with Crippen molar-refractivity contribution in [2.75, 3.05) is 32.2 Å². The Kier molecular flexibility index (Phi) is 10.4. The Bertz CT molecular complexity index is 1230. The molecule has 0 bridgehead atoms. The smallest absolute Gasteiger partial charge is 0.348 e. The van der Waals surface area contributed by atoms with E-state index < -0.39 is 17.8 Å². The summed E-state index contributed by atoms with van der Waals surface area (Å²) < 4.78 is 21.0. The van der Waals surface area contributed by atoms with Gasteiger partial charge in [0, 0.05) is 13.2 Å². The van der Waals surface area contributed by atoms with Crippen molar-refractivity contribution in [2.24, 2.45) is 0 Å². The zero-order chi connectivity index (χ0) is 26.6. The highest BCUT2D eigenvalue weighted by molar-refractivity contribution is 7.18. The van der Waals surface area contributed by atoms with Crippen molar-refractivity contribution in [2.45, 2.75) is 20.5 Å². The van der Waals surface area contributed by atoms with Crippen LogP contribution >= 0.6 is 11.3 Å². The second kappa shape index (κ2) is 14.0. The molecule has 0 radical (unpaired) electrons. The van der Waals surface area contributed by atoms with E-state index in [1.54, 1.807) is 19.9 Å². The van der Waals surface area contributed by atoms with Crippen LogP contribution in [0.2, 0.25) is 0 Å². The van der Waals surface area contributed by atoms with Crippen LogP contribution in [0.15, 0.2) is 60.7 Å². The molecule has 0 aliphatic rings. The van der Waals surface area contributed by atoms with E-state index in [0.717, 1.165) is 22.5 Å². The van der Waals surface area contributed by atoms with Gasteiger partial charge < -0.3 is 24.3 Å². The number of hydrogen-bond donors (Lipinski definition) is 1. The van der Waals surface area contributed by atoms with E-state index in [1.807, 2.05) is 54.6 Å². The molecule has 8 nitrogen and oxygen atoms in total. The number of thiophene rings is 1. The van der Waals surface area contributed by atoms with Gasteiger partial charge in [0.05, 0.1) is 18.8 Å². The van der Waals surface area contributed by atoms with Crippen LogP contribution < -0.4 is 10.1 Å². The van der Waals surface area contributed by atoms with Crippen molar-refractivity contribution in [3.8, 4) is 5.75 Å². The van der Waals surface area contributed by atoms with Crippen LogP contribution in [0, 0.1) is 6.92 Å². The van der Waals surface area contributed by atoms with Crippen LogP contribution in [0.5, 0.6) is 5.75 Å². The molecule has 1 N–H and O–H groups in total. The van der Waals surface area contributed by atoms with Crippen LogP contribution in [0.4, 0.5) is 5.00 Å². The number of ether oxygens (including phenoxy) is 4. The molecular formula is C28H29NO7S. The maximum atomic E-state index is 12.6. The summed E-state index contributed by atoms with van der Waals surface area (Å²) in [5, 5.41) is 2.90. The first kappa shape index (κ1) is 27.6. The van der Waals surface area contributed by atoms with Crippen molar-refractivity contribution in [1.29, 1.82) is 0 Å². The molecule has 9 heteroatoms. The lowest BCUT2D eigenvalue weighted by Gasteiger charge is -2.06. The number of anilines is 1. The molecule has 194 valence electrons. The zero-order valence-corrected chi connectivity index (χ0v) is 21.8. The normalized spacial score (nSPS) is 10.8. The Morgan fingerprint density at radius 1 is 0.946 bits per heavy atom. The van der Waals surface area contributed by atoms with E-state index in [1.165, 1.54) is 13.2 Å². The van der Waals surface area contributed by atoms with E-state index in [4.69, 9.17) is 18.9 Å². The predicted octanol–water partition coefficient (Wildman–Crippen LogP) is 5.27. The lowest BCUT2D eigenvalue weighted by atomic mass is 10.1. The maximum Gasteiger partial charge on any atom is 0.348 e. The van der Waals surface area contributed by atoms with Crippen molar-refractivity contribution in [1.82, 2.24) is 0 Å². The minimum Gasteiger partial charge on any atom is -0.489 e. The summed E-state index contributed by atoms with van der Waals surface area (Å²) in [7, 11) is 1.50. The fourth-order valence-electron chi connectivity index (χ4n) is 3.27. The third kappa shape index (κ3) is 8.03. The van der Waals surface area contributed by atoms with Gasteiger partial charge in [0.1, 0.15) is 28.8 Å². The Morgan fingerprint density at radius 3 is 2.35 bits per heavy atom. The van der Waals surface area contributed by atoms with Crippen LogP contribution in [0.1, 0.15) is 43.6 Å². The lowest BCUT2D eigenvalue weighted by Crippen LogP contribution is -2.13. The summed E-state index contributed by atoms with van der Waals surface area (Å²) in [6.45, 7) is 4.22. The third-order valence-corrected chi connectivity index (χ3v) is 6.31. The first-order valence-corrected chi connectivity index (χ1v) is 12.5. The average molecular weight is 524 g/mol. The van der Waals surface area contributed by atoms with Gasteiger partial charge in [-0.05, 0) is 48.7 Å². The fourth-order valence-corrected chi connectivity index (χ4v) is 4.36. The highest BCUT2D eigenvalue weighted by atomic mass is 32.1. The van der Waals surface area contributed by atoms with Crippen LogP contribution in [0.3, 0.4) is 0 Å². The lowest BCUT2D eigenvalue weighted by molar-refractivity contribution is -0.111. The monoisotopic (exact) mass is 523 g/mol. The number of hydrogen-bond acceptors (Lipinski definition) is 8. The quantitative estimate of drug-likeness (QED) is 0.196. The Morgan fingerprint density at radius 2 is 1.68 bits per heavy atom. The summed E-state index contributed by atoms with van der Waals surface area (Å²) >= 11 is 0.963.